The van der Waals surface area contributed by atoms with Crippen molar-refractivity contribution in [3.8, 4) is 50.8 Å². The third kappa shape index (κ3) is 7.23. The predicted molar refractivity (Wildman–Crippen MR) is 379 cm³/mol. The molecule has 0 amide bonds. The average molecular weight is 1180 g/mol. The fourth-order valence-corrected chi connectivity index (χ4v) is 20.5. The fourth-order valence-electron chi connectivity index (χ4n) is 15.6. The van der Waals surface area contributed by atoms with Gasteiger partial charge in [-0.05, 0) is 164 Å². The van der Waals surface area contributed by atoms with Gasteiger partial charge in [0.1, 0.15) is 33.8 Å². The molecule has 1 aliphatic heterocycles. The van der Waals surface area contributed by atoms with Crippen molar-refractivity contribution in [2.24, 2.45) is 0 Å². The minimum atomic E-state index is -2.89. The lowest BCUT2D eigenvalue weighted by Crippen LogP contribution is -2.76. The Kier molecular flexibility index (Phi) is 10.5. The van der Waals surface area contributed by atoms with E-state index in [1.165, 1.54) is 64.1 Å². The van der Waals surface area contributed by atoms with E-state index in [9.17, 15) is 0 Å². The van der Waals surface area contributed by atoms with Crippen molar-refractivity contribution in [1.82, 2.24) is 13.7 Å². The minimum absolute atomic E-state index is 0.858. The Hall–Kier alpha value is -11.9. The molecule has 0 saturated heterocycles. The second-order valence-corrected chi connectivity index (χ2v) is 28.0. The predicted octanol–water partition coefficient (Wildman–Crippen LogP) is 19.6. The summed E-state index contributed by atoms with van der Waals surface area (Å²) in [5, 5.41) is 16.7. The molecular formula is C84H51N3O3Si. The van der Waals surface area contributed by atoms with Crippen molar-refractivity contribution in [2.45, 2.75) is 0 Å². The summed E-state index contributed by atoms with van der Waals surface area (Å²) in [6.07, 6.45) is 0. The number of fused-ring (bicyclic) bond motifs is 17. The van der Waals surface area contributed by atoms with Crippen molar-refractivity contribution in [3.05, 3.63) is 309 Å². The van der Waals surface area contributed by atoms with E-state index < -0.39 is 8.07 Å². The standard InChI is InChI=1S/C84H51N3O3Si/c1-2-19-59(20-3-1)91(83-31-14-12-29-81(83)90-82-30-13-15-32-84(82)91)60-38-44-80-70(51-60)69-50-58(37-43-79(69)89-80)86-74-28-11-7-24-64(74)66-46-53(34-40-75(66)86)55-33-39-65-63-23-6-10-27-73(63)87(76(65)48-55)56-18-16-17-52(45-56)54-35-41-77-67(47-54)68-49-57(36-42-78(68)88-77)85-71-25-8-4-21-61(71)62-22-5-9-26-72(62)85/h1-51H. The third-order valence-corrected chi connectivity index (χ3v) is 24.4. The zero-order chi connectivity index (χ0) is 59.5. The lowest BCUT2D eigenvalue weighted by molar-refractivity contribution is 0.487. The van der Waals surface area contributed by atoms with Crippen LogP contribution in [0.2, 0.25) is 0 Å². The number of benzene rings is 14. The summed E-state index contributed by atoms with van der Waals surface area (Å²) in [4.78, 5) is 0. The highest BCUT2D eigenvalue weighted by Gasteiger charge is 2.48. The summed E-state index contributed by atoms with van der Waals surface area (Å²) < 4.78 is 27.2. The molecule has 0 aliphatic carbocycles. The SMILES string of the molecule is c1ccc([Si]2(c3ccc4oc5ccc(-n6c7ccccc7c7cc(-c8ccc9c%10ccccc%10n(-c%10cccc(-c%11ccc%12oc%13ccc(-n%14c%15ccccc%15c%15ccccc%15%14)cc%13c%12c%11)c%10)c9c8)ccc76)cc5c4c3)c3ccccc3Oc3ccccc32)cc1. The molecule has 0 N–H and O–H groups in total. The van der Waals surface area contributed by atoms with Crippen LogP contribution in [-0.2, 0) is 0 Å². The van der Waals surface area contributed by atoms with Gasteiger partial charge in [0.2, 0.25) is 0 Å². The van der Waals surface area contributed by atoms with Crippen LogP contribution in [0.4, 0.5) is 0 Å². The maximum absolute atomic E-state index is 6.73. The molecule has 6 nitrogen and oxygen atoms in total. The number of nitrogens with zero attached hydrogens (tertiary/aromatic N) is 3. The van der Waals surface area contributed by atoms with Gasteiger partial charge in [-0.25, -0.2) is 0 Å². The van der Waals surface area contributed by atoms with E-state index in [1.54, 1.807) is 0 Å². The second-order valence-electron chi connectivity index (χ2n) is 24.3. The van der Waals surface area contributed by atoms with Crippen LogP contribution in [0, 0.1) is 0 Å². The molecule has 0 spiro atoms. The first-order valence-corrected chi connectivity index (χ1v) is 33.1. The molecule has 14 aromatic carbocycles. The summed E-state index contributed by atoms with van der Waals surface area (Å²) in [6.45, 7) is 0. The molecule has 20 rings (SSSR count). The maximum atomic E-state index is 6.73. The molecule has 0 radical (unpaired) electrons. The first-order valence-electron chi connectivity index (χ1n) is 31.1. The smallest absolute Gasteiger partial charge is 0.188 e. The highest BCUT2D eigenvalue weighted by atomic mass is 28.3. The molecule has 6 heterocycles. The van der Waals surface area contributed by atoms with Gasteiger partial charge in [-0.3, -0.25) is 0 Å². The van der Waals surface area contributed by atoms with E-state index >= 15 is 0 Å². The molecule has 0 saturated carbocycles. The van der Waals surface area contributed by atoms with Crippen LogP contribution in [0.25, 0.3) is 149 Å². The van der Waals surface area contributed by atoms with Crippen LogP contribution in [0.5, 0.6) is 11.5 Å². The Morgan fingerprint density at radius 1 is 0.220 bits per heavy atom. The van der Waals surface area contributed by atoms with E-state index in [1.807, 2.05) is 0 Å². The Morgan fingerprint density at radius 3 is 1.23 bits per heavy atom. The Labute approximate surface area is 522 Å². The lowest BCUT2D eigenvalue weighted by atomic mass is 10.0. The number of furan rings is 2. The Bertz CT molecular complexity index is 6180. The molecule has 91 heavy (non-hydrogen) atoms. The Balaban J connectivity index is 0.692. The summed E-state index contributed by atoms with van der Waals surface area (Å²) in [6, 6.07) is 113. The number of hydrogen-bond donors (Lipinski definition) is 0. The van der Waals surface area contributed by atoms with E-state index in [-0.39, 0.29) is 0 Å². The molecule has 7 heteroatoms. The van der Waals surface area contributed by atoms with Gasteiger partial charge in [0, 0.05) is 70.9 Å². The Morgan fingerprint density at radius 2 is 0.626 bits per heavy atom. The number of rotatable bonds is 7. The fraction of sp³-hybridized carbons (Fsp3) is 0. The van der Waals surface area contributed by atoms with Crippen LogP contribution in [0.15, 0.2) is 318 Å². The van der Waals surface area contributed by atoms with Crippen LogP contribution in [0.1, 0.15) is 0 Å². The van der Waals surface area contributed by atoms with Gasteiger partial charge in [0.25, 0.3) is 0 Å². The van der Waals surface area contributed by atoms with E-state index in [4.69, 9.17) is 13.6 Å². The van der Waals surface area contributed by atoms with Crippen LogP contribution >= 0.6 is 0 Å². The molecule has 0 atom stereocenters. The molecular weight excluding hydrogens is 1130 g/mol. The summed E-state index contributed by atoms with van der Waals surface area (Å²) in [5.74, 6) is 1.83. The van der Waals surface area contributed by atoms with Gasteiger partial charge >= 0.3 is 0 Å². The number of ether oxygens (including phenoxy) is 1. The van der Waals surface area contributed by atoms with Gasteiger partial charge < -0.3 is 27.3 Å². The van der Waals surface area contributed by atoms with Crippen molar-refractivity contribution < 1.29 is 13.6 Å². The maximum Gasteiger partial charge on any atom is 0.188 e. The first kappa shape index (κ1) is 50.1. The van der Waals surface area contributed by atoms with Crippen LogP contribution in [0.3, 0.4) is 0 Å². The zero-order valence-electron chi connectivity index (χ0n) is 49.0. The largest absolute Gasteiger partial charge is 0.458 e. The van der Waals surface area contributed by atoms with Crippen LogP contribution < -0.4 is 25.5 Å². The van der Waals surface area contributed by atoms with Gasteiger partial charge in [-0.2, -0.15) is 0 Å². The molecule has 424 valence electrons. The molecule has 5 aromatic heterocycles. The zero-order valence-corrected chi connectivity index (χ0v) is 50.0. The molecule has 1 aliphatic rings. The molecule has 19 aromatic rings. The minimum Gasteiger partial charge on any atom is -0.458 e. The van der Waals surface area contributed by atoms with E-state index in [0.717, 1.165) is 117 Å². The van der Waals surface area contributed by atoms with Crippen molar-refractivity contribution in [1.29, 1.82) is 0 Å². The second kappa shape index (κ2) is 19.1. The summed E-state index contributed by atoms with van der Waals surface area (Å²) in [7, 11) is -2.89. The van der Waals surface area contributed by atoms with E-state index in [0.29, 0.717) is 0 Å². The van der Waals surface area contributed by atoms with E-state index in [2.05, 4.69) is 323 Å². The van der Waals surface area contributed by atoms with Crippen molar-refractivity contribution >= 4 is 138 Å². The highest BCUT2D eigenvalue weighted by molar-refractivity contribution is 7.20. The molecule has 0 unspecified atom stereocenters. The normalized spacial score (nSPS) is 13.0. The number of para-hydroxylation sites is 6. The highest BCUT2D eigenvalue weighted by Crippen LogP contribution is 2.43. The van der Waals surface area contributed by atoms with Crippen molar-refractivity contribution in [3.63, 3.8) is 0 Å². The topological polar surface area (TPSA) is 50.3 Å². The van der Waals surface area contributed by atoms with Gasteiger partial charge in [-0.15, -0.1) is 0 Å². The molecule has 0 bridgehead atoms. The van der Waals surface area contributed by atoms with Gasteiger partial charge in [0.15, 0.2) is 8.07 Å². The quantitative estimate of drug-likeness (QED) is 0.149. The summed E-state index contributed by atoms with van der Waals surface area (Å²) in [5.41, 5.74) is 18.3. The number of aromatic nitrogens is 3. The van der Waals surface area contributed by atoms with Crippen molar-refractivity contribution in [2.75, 3.05) is 0 Å². The number of hydrogen-bond acceptors (Lipinski definition) is 3. The van der Waals surface area contributed by atoms with Gasteiger partial charge in [-0.1, -0.05) is 188 Å². The third-order valence-electron chi connectivity index (χ3n) is 19.6. The average Bonchev–Trinajstić information content (AvgIpc) is 1.46. The van der Waals surface area contributed by atoms with Crippen LogP contribution in [-0.4, -0.2) is 21.8 Å². The lowest BCUT2D eigenvalue weighted by Gasteiger charge is -2.39. The van der Waals surface area contributed by atoms with Gasteiger partial charge in [0.05, 0.1) is 33.1 Å². The monoisotopic (exact) mass is 1180 g/mol. The molecule has 0 fully saturated rings. The first-order chi connectivity index (χ1) is 45.1. The summed E-state index contributed by atoms with van der Waals surface area (Å²) >= 11 is 0.